The van der Waals surface area contributed by atoms with Gasteiger partial charge in [0.1, 0.15) is 5.75 Å². The Morgan fingerprint density at radius 3 is 2.89 bits per heavy atom. The second-order valence-electron chi connectivity index (χ2n) is 5.49. The van der Waals surface area contributed by atoms with Crippen LogP contribution in [0, 0.1) is 16.7 Å². The first-order valence-corrected chi connectivity index (χ1v) is 6.59. The van der Waals surface area contributed by atoms with Crippen molar-refractivity contribution in [3.05, 3.63) is 24.3 Å². The van der Waals surface area contributed by atoms with Crippen molar-refractivity contribution in [3.8, 4) is 11.8 Å². The number of ether oxygens (including phenoxy) is 1. The predicted molar refractivity (Wildman–Crippen MR) is 70.8 cm³/mol. The monoisotopic (exact) mass is 256 g/mol. The van der Waals surface area contributed by atoms with Gasteiger partial charge in [0.25, 0.3) is 5.91 Å². The minimum absolute atomic E-state index is 0.00851. The Hall–Kier alpha value is -2.02. The van der Waals surface area contributed by atoms with Gasteiger partial charge in [-0.1, -0.05) is 12.1 Å². The molecule has 1 aromatic carbocycles. The van der Waals surface area contributed by atoms with Crippen molar-refractivity contribution in [2.75, 3.05) is 11.4 Å². The van der Waals surface area contributed by atoms with Crippen molar-refractivity contribution in [1.29, 1.82) is 5.26 Å². The molecule has 1 unspecified atom stereocenters. The van der Waals surface area contributed by atoms with Crippen LogP contribution in [0.15, 0.2) is 24.3 Å². The van der Waals surface area contributed by atoms with Gasteiger partial charge >= 0.3 is 0 Å². The number of nitriles is 1. The van der Waals surface area contributed by atoms with Crippen LogP contribution < -0.4 is 9.64 Å². The van der Waals surface area contributed by atoms with Gasteiger partial charge in [0.2, 0.25) is 0 Å². The maximum atomic E-state index is 12.3. The molecule has 4 nitrogen and oxygen atoms in total. The first-order valence-electron chi connectivity index (χ1n) is 6.59. The van der Waals surface area contributed by atoms with Gasteiger partial charge in [-0.2, -0.15) is 5.26 Å². The number of carbonyl (C=O) groups is 1. The van der Waals surface area contributed by atoms with Crippen LogP contribution in [0.1, 0.15) is 26.2 Å². The van der Waals surface area contributed by atoms with Gasteiger partial charge in [-0.15, -0.1) is 0 Å². The summed E-state index contributed by atoms with van der Waals surface area (Å²) in [6.45, 7) is 2.40. The maximum absolute atomic E-state index is 12.3. The molecule has 1 aliphatic heterocycles. The Kier molecular flexibility index (Phi) is 2.70. The average molecular weight is 256 g/mol. The molecule has 1 fully saturated rings. The summed E-state index contributed by atoms with van der Waals surface area (Å²) in [5, 5.41) is 8.91. The molecule has 1 atom stereocenters. The summed E-state index contributed by atoms with van der Waals surface area (Å²) in [7, 11) is 0. The number of amides is 1. The SMILES string of the molecule is CC1Oc2ccccc2N(CC2(CC#N)CC2)C1=O. The number of anilines is 1. The predicted octanol–water partition coefficient (Wildman–Crippen LogP) is 2.49. The molecular formula is C15H16N2O2. The fourth-order valence-corrected chi connectivity index (χ4v) is 2.59. The zero-order valence-electron chi connectivity index (χ0n) is 10.9. The van der Waals surface area contributed by atoms with E-state index in [2.05, 4.69) is 6.07 Å². The molecule has 0 aromatic heterocycles. The third kappa shape index (κ3) is 2.06. The van der Waals surface area contributed by atoms with Crippen LogP contribution >= 0.6 is 0 Å². The molecule has 1 aromatic rings. The molecular weight excluding hydrogens is 240 g/mol. The summed E-state index contributed by atoms with van der Waals surface area (Å²) in [6, 6.07) is 9.84. The Balaban J connectivity index is 1.91. The average Bonchev–Trinajstić information content (AvgIpc) is 3.15. The van der Waals surface area contributed by atoms with Crippen molar-refractivity contribution >= 4 is 11.6 Å². The van der Waals surface area contributed by atoms with Crippen molar-refractivity contribution in [3.63, 3.8) is 0 Å². The number of benzene rings is 1. The van der Waals surface area contributed by atoms with Crippen LogP contribution in [0.5, 0.6) is 5.75 Å². The van der Waals surface area contributed by atoms with Crippen LogP contribution in [0.2, 0.25) is 0 Å². The Bertz CT molecular complexity index is 558. The quantitative estimate of drug-likeness (QED) is 0.835. The van der Waals surface area contributed by atoms with Crippen molar-refractivity contribution in [1.82, 2.24) is 0 Å². The molecule has 0 saturated heterocycles. The Morgan fingerprint density at radius 1 is 1.47 bits per heavy atom. The molecule has 1 amide bonds. The molecule has 1 aliphatic carbocycles. The lowest BCUT2D eigenvalue weighted by Crippen LogP contribution is -2.46. The number of hydrogen-bond donors (Lipinski definition) is 0. The van der Waals surface area contributed by atoms with E-state index in [0.717, 1.165) is 24.3 Å². The van der Waals surface area contributed by atoms with E-state index < -0.39 is 6.10 Å². The van der Waals surface area contributed by atoms with Crippen LogP contribution in [0.4, 0.5) is 5.69 Å². The van der Waals surface area contributed by atoms with Gasteiger partial charge in [0, 0.05) is 18.4 Å². The second kappa shape index (κ2) is 4.27. The molecule has 4 heteroatoms. The van der Waals surface area contributed by atoms with E-state index in [0.29, 0.717) is 13.0 Å². The highest BCUT2D eigenvalue weighted by Crippen LogP contribution is 2.50. The topological polar surface area (TPSA) is 53.3 Å². The standard InChI is InChI=1S/C15H16N2O2/c1-11-14(18)17(10-15(6-7-15)8-9-16)12-4-2-3-5-13(12)19-11/h2-5,11H,6-8,10H2,1H3. The first-order chi connectivity index (χ1) is 9.15. The fourth-order valence-electron chi connectivity index (χ4n) is 2.59. The minimum atomic E-state index is -0.451. The molecule has 0 bridgehead atoms. The second-order valence-corrected chi connectivity index (χ2v) is 5.49. The number of rotatable bonds is 3. The van der Waals surface area contributed by atoms with Crippen LogP contribution in [0.3, 0.4) is 0 Å². The van der Waals surface area contributed by atoms with Gasteiger partial charge in [0.05, 0.1) is 11.8 Å². The molecule has 1 heterocycles. The number of carbonyl (C=O) groups excluding carboxylic acids is 1. The molecule has 0 radical (unpaired) electrons. The lowest BCUT2D eigenvalue weighted by molar-refractivity contribution is -0.125. The number of para-hydroxylation sites is 2. The maximum Gasteiger partial charge on any atom is 0.267 e. The molecule has 2 aliphatic rings. The van der Waals surface area contributed by atoms with Crippen molar-refractivity contribution < 1.29 is 9.53 Å². The van der Waals surface area contributed by atoms with Gasteiger partial charge in [0.15, 0.2) is 6.10 Å². The Labute approximate surface area is 112 Å². The van der Waals surface area contributed by atoms with E-state index in [4.69, 9.17) is 10.00 Å². The highest BCUT2D eigenvalue weighted by molar-refractivity contribution is 5.99. The van der Waals surface area contributed by atoms with Crippen molar-refractivity contribution in [2.45, 2.75) is 32.3 Å². The van der Waals surface area contributed by atoms with Crippen LogP contribution in [-0.2, 0) is 4.79 Å². The third-order valence-electron chi connectivity index (χ3n) is 3.98. The summed E-state index contributed by atoms with van der Waals surface area (Å²) in [6.07, 6.45) is 2.13. The molecule has 19 heavy (non-hydrogen) atoms. The Morgan fingerprint density at radius 2 is 2.21 bits per heavy atom. The summed E-state index contributed by atoms with van der Waals surface area (Å²) in [5.41, 5.74) is 0.837. The zero-order chi connectivity index (χ0) is 13.5. The molecule has 3 rings (SSSR count). The number of hydrogen-bond acceptors (Lipinski definition) is 3. The smallest absolute Gasteiger partial charge is 0.267 e. The van der Waals surface area contributed by atoms with E-state index >= 15 is 0 Å². The van der Waals surface area contributed by atoms with Crippen molar-refractivity contribution in [2.24, 2.45) is 5.41 Å². The number of fused-ring (bicyclic) bond motifs is 1. The van der Waals surface area contributed by atoms with E-state index in [1.54, 1.807) is 11.8 Å². The number of nitrogens with zero attached hydrogens (tertiary/aromatic N) is 2. The lowest BCUT2D eigenvalue weighted by atomic mass is 10.0. The third-order valence-corrected chi connectivity index (χ3v) is 3.98. The summed E-state index contributed by atoms with van der Waals surface area (Å²) >= 11 is 0. The highest BCUT2D eigenvalue weighted by atomic mass is 16.5. The van der Waals surface area contributed by atoms with E-state index in [-0.39, 0.29) is 11.3 Å². The van der Waals surface area contributed by atoms with Crippen LogP contribution in [0.25, 0.3) is 0 Å². The van der Waals surface area contributed by atoms with E-state index in [1.165, 1.54) is 0 Å². The van der Waals surface area contributed by atoms with Gasteiger partial charge in [-0.05, 0) is 31.9 Å². The molecule has 0 spiro atoms. The largest absolute Gasteiger partial charge is 0.479 e. The lowest BCUT2D eigenvalue weighted by Gasteiger charge is -2.35. The van der Waals surface area contributed by atoms with E-state index in [9.17, 15) is 4.79 Å². The minimum Gasteiger partial charge on any atom is -0.479 e. The highest BCUT2D eigenvalue weighted by Gasteiger charge is 2.46. The van der Waals surface area contributed by atoms with Gasteiger partial charge in [-0.25, -0.2) is 0 Å². The molecule has 0 N–H and O–H groups in total. The summed E-state index contributed by atoms with van der Waals surface area (Å²) in [5.74, 6) is 0.741. The zero-order valence-corrected chi connectivity index (χ0v) is 10.9. The fraction of sp³-hybridized carbons (Fsp3) is 0.467. The molecule has 1 saturated carbocycles. The van der Waals surface area contributed by atoms with Gasteiger partial charge < -0.3 is 9.64 Å². The first kappa shape index (κ1) is 12.0. The van der Waals surface area contributed by atoms with Gasteiger partial charge in [-0.3, -0.25) is 4.79 Å². The normalized spacial score (nSPS) is 23.3. The molecule has 98 valence electrons. The summed E-state index contributed by atoms with van der Waals surface area (Å²) < 4.78 is 5.61. The van der Waals surface area contributed by atoms with E-state index in [1.807, 2.05) is 24.3 Å². The van der Waals surface area contributed by atoms with Crippen LogP contribution in [-0.4, -0.2) is 18.6 Å². The summed E-state index contributed by atoms with van der Waals surface area (Å²) in [4.78, 5) is 14.1.